The van der Waals surface area contributed by atoms with E-state index in [9.17, 15) is 18.3 Å². The maximum Gasteiger partial charge on any atom is 0.409 e. The molecule has 1 aliphatic heterocycles. The van der Waals surface area contributed by atoms with E-state index in [0.29, 0.717) is 11.1 Å². The first kappa shape index (κ1) is 12.8. The summed E-state index contributed by atoms with van der Waals surface area (Å²) in [6.45, 7) is 1.54. The maximum atomic E-state index is 11.7. The Morgan fingerprint density at radius 3 is 2.72 bits per heavy atom. The van der Waals surface area contributed by atoms with Crippen LogP contribution in [-0.2, 0) is 16.4 Å². The molecule has 1 unspecified atom stereocenters. The highest BCUT2D eigenvalue weighted by molar-refractivity contribution is 7.91. The molecule has 0 fully saturated rings. The van der Waals surface area contributed by atoms with Crippen LogP contribution in [0.4, 0.5) is 4.79 Å². The van der Waals surface area contributed by atoms with Crippen LogP contribution in [0, 0.1) is 0 Å². The van der Waals surface area contributed by atoms with Gasteiger partial charge in [-0.15, -0.1) is 0 Å². The van der Waals surface area contributed by atoms with Gasteiger partial charge in [-0.3, -0.25) is 4.90 Å². The Labute approximate surface area is 104 Å². The highest BCUT2D eigenvalue weighted by Crippen LogP contribution is 2.33. The first-order chi connectivity index (χ1) is 8.36. The third kappa shape index (κ3) is 1.95. The Bertz CT molecular complexity index is 595. The van der Waals surface area contributed by atoms with E-state index in [2.05, 4.69) is 0 Å². The van der Waals surface area contributed by atoms with Crippen molar-refractivity contribution < 1.29 is 23.4 Å². The number of nitrogens with zero attached hydrogens (tertiary/aromatic N) is 1. The molecule has 1 aromatic carbocycles. The lowest BCUT2D eigenvalue weighted by Gasteiger charge is -2.15. The molecule has 1 amide bonds. The topological polar surface area (TPSA) is 94.9 Å². The number of aliphatic hydroxyl groups excluding tert-OH is 1. The number of hydrogen-bond acceptors (Lipinski definition) is 4. The van der Waals surface area contributed by atoms with Crippen molar-refractivity contribution in [2.24, 2.45) is 0 Å². The summed E-state index contributed by atoms with van der Waals surface area (Å²) in [5, 5.41) is 18.6. The average Bonchev–Trinajstić information content (AvgIpc) is 2.66. The number of carbonyl (C=O) groups is 1. The van der Waals surface area contributed by atoms with Crippen LogP contribution in [0.25, 0.3) is 0 Å². The summed E-state index contributed by atoms with van der Waals surface area (Å²) in [5.41, 5.74) is 0.965. The van der Waals surface area contributed by atoms with Gasteiger partial charge in [0.2, 0.25) is 0 Å². The van der Waals surface area contributed by atoms with Crippen LogP contribution >= 0.6 is 0 Å². The van der Waals surface area contributed by atoms with Crippen molar-refractivity contribution in [3.63, 3.8) is 0 Å². The van der Waals surface area contributed by atoms with E-state index in [1.807, 2.05) is 0 Å². The molecule has 0 spiro atoms. The van der Waals surface area contributed by atoms with Gasteiger partial charge in [-0.25, -0.2) is 13.2 Å². The van der Waals surface area contributed by atoms with Crippen molar-refractivity contribution in [1.29, 1.82) is 0 Å². The molecular formula is C11H13NO5S. The van der Waals surface area contributed by atoms with E-state index in [-0.39, 0.29) is 17.2 Å². The fourth-order valence-electron chi connectivity index (χ4n) is 1.94. The molecule has 2 N–H and O–H groups in total. The molecule has 0 aliphatic carbocycles. The molecule has 98 valence electrons. The van der Waals surface area contributed by atoms with E-state index in [1.165, 1.54) is 18.2 Å². The maximum absolute atomic E-state index is 11.7. The van der Waals surface area contributed by atoms with Gasteiger partial charge in [0, 0.05) is 5.56 Å². The second-order valence-electron chi connectivity index (χ2n) is 4.05. The quantitative estimate of drug-likeness (QED) is 0.835. The summed E-state index contributed by atoms with van der Waals surface area (Å²) >= 11 is 0. The molecule has 2 rings (SSSR count). The predicted octanol–water partition coefficient (Wildman–Crippen LogP) is 0.965. The second kappa shape index (κ2) is 4.25. The monoisotopic (exact) mass is 271 g/mol. The van der Waals surface area contributed by atoms with Gasteiger partial charge < -0.3 is 10.2 Å². The third-order valence-corrected chi connectivity index (χ3v) is 4.75. The minimum Gasteiger partial charge on any atom is -0.465 e. The fourth-order valence-corrected chi connectivity index (χ4v) is 2.87. The van der Waals surface area contributed by atoms with Gasteiger partial charge >= 0.3 is 6.09 Å². The van der Waals surface area contributed by atoms with Crippen molar-refractivity contribution in [2.45, 2.75) is 24.6 Å². The zero-order chi connectivity index (χ0) is 13.5. The number of sulfone groups is 1. The molecule has 18 heavy (non-hydrogen) atoms. The number of hydrogen-bond donors (Lipinski definition) is 2. The minimum absolute atomic E-state index is 0.00108. The van der Waals surface area contributed by atoms with Gasteiger partial charge in [0.15, 0.2) is 16.1 Å². The van der Waals surface area contributed by atoms with Gasteiger partial charge in [0.25, 0.3) is 0 Å². The van der Waals surface area contributed by atoms with E-state index in [1.54, 1.807) is 6.92 Å². The number of aliphatic hydroxyl groups is 1. The lowest BCUT2D eigenvalue weighted by molar-refractivity contribution is 0.0210. The average molecular weight is 271 g/mol. The van der Waals surface area contributed by atoms with E-state index in [0.717, 1.165) is 4.90 Å². The molecule has 0 saturated carbocycles. The molecular weight excluding hydrogens is 258 g/mol. The van der Waals surface area contributed by atoms with Crippen LogP contribution in [-0.4, -0.2) is 35.4 Å². The van der Waals surface area contributed by atoms with Crippen molar-refractivity contribution in [1.82, 2.24) is 4.90 Å². The van der Waals surface area contributed by atoms with Crippen LogP contribution in [0.5, 0.6) is 0 Å². The lowest BCUT2D eigenvalue weighted by atomic mass is 10.1. The van der Waals surface area contributed by atoms with E-state index in [4.69, 9.17) is 5.11 Å². The van der Waals surface area contributed by atoms with Crippen molar-refractivity contribution >= 4 is 15.9 Å². The van der Waals surface area contributed by atoms with Gasteiger partial charge in [0.1, 0.15) is 0 Å². The van der Waals surface area contributed by atoms with Gasteiger partial charge in [0.05, 0.1) is 17.2 Å². The number of benzene rings is 1. The third-order valence-electron chi connectivity index (χ3n) is 3.01. The smallest absolute Gasteiger partial charge is 0.409 e. The first-order valence-electron chi connectivity index (χ1n) is 5.40. The zero-order valence-corrected chi connectivity index (χ0v) is 10.5. The van der Waals surface area contributed by atoms with Crippen LogP contribution < -0.4 is 0 Å². The lowest BCUT2D eigenvalue weighted by Crippen LogP contribution is -2.27. The highest BCUT2D eigenvalue weighted by Gasteiger charge is 2.32. The Morgan fingerprint density at radius 1 is 1.50 bits per heavy atom. The Balaban J connectivity index is 2.44. The largest absolute Gasteiger partial charge is 0.465 e. The molecule has 6 nitrogen and oxygen atoms in total. The van der Waals surface area contributed by atoms with E-state index < -0.39 is 22.2 Å². The predicted molar refractivity (Wildman–Crippen MR) is 62.7 cm³/mol. The summed E-state index contributed by atoms with van der Waals surface area (Å²) in [6, 6.07) is 4.29. The summed E-state index contributed by atoms with van der Waals surface area (Å²) in [4.78, 5) is 11.9. The molecule has 0 saturated heterocycles. The van der Waals surface area contributed by atoms with Crippen LogP contribution in [0.1, 0.15) is 24.3 Å². The molecule has 0 bridgehead atoms. The first-order valence-corrected chi connectivity index (χ1v) is 7.05. The molecule has 1 atom stereocenters. The molecule has 0 aromatic heterocycles. The number of fused-ring (bicyclic) bond motifs is 1. The van der Waals surface area contributed by atoms with Crippen LogP contribution in [0.3, 0.4) is 0 Å². The Kier molecular flexibility index (Phi) is 3.04. The molecule has 1 aliphatic rings. The summed E-state index contributed by atoms with van der Waals surface area (Å²) in [7, 11) is -3.32. The summed E-state index contributed by atoms with van der Waals surface area (Å²) in [6.07, 6.45) is -2.46. The standard InChI is InChI=1S/C11H13NO5S/c1-2-18(16,17)8-3-4-9-7(5-8)6-12(10(9)13)11(14)15/h3-5,10,13H,2,6H2,1H3,(H,14,15). The van der Waals surface area contributed by atoms with Crippen molar-refractivity contribution in [2.75, 3.05) is 5.75 Å². The normalized spacial score (nSPS) is 18.8. The summed E-state index contributed by atoms with van der Waals surface area (Å²) < 4.78 is 23.4. The number of amides is 1. The Hall–Kier alpha value is -1.60. The Morgan fingerprint density at radius 2 is 2.17 bits per heavy atom. The number of rotatable bonds is 2. The molecule has 7 heteroatoms. The van der Waals surface area contributed by atoms with Gasteiger partial charge in [-0.2, -0.15) is 0 Å². The van der Waals surface area contributed by atoms with Gasteiger partial charge in [-0.1, -0.05) is 13.0 Å². The highest BCUT2D eigenvalue weighted by atomic mass is 32.2. The van der Waals surface area contributed by atoms with Crippen molar-refractivity contribution in [3.8, 4) is 0 Å². The fraction of sp³-hybridized carbons (Fsp3) is 0.364. The summed E-state index contributed by atoms with van der Waals surface area (Å²) in [5.74, 6) is -0.0169. The zero-order valence-electron chi connectivity index (χ0n) is 9.70. The second-order valence-corrected chi connectivity index (χ2v) is 6.33. The van der Waals surface area contributed by atoms with Crippen molar-refractivity contribution in [3.05, 3.63) is 29.3 Å². The van der Waals surface area contributed by atoms with Crippen LogP contribution in [0.15, 0.2) is 23.1 Å². The molecule has 1 heterocycles. The number of carboxylic acid groups (broad SMARTS) is 1. The molecule has 1 aromatic rings. The minimum atomic E-state index is -3.32. The van der Waals surface area contributed by atoms with Gasteiger partial charge in [-0.05, 0) is 17.7 Å². The van der Waals surface area contributed by atoms with E-state index >= 15 is 0 Å². The SMILES string of the molecule is CCS(=O)(=O)c1ccc2c(c1)CN(C(=O)O)C2O. The van der Waals surface area contributed by atoms with Crippen LogP contribution in [0.2, 0.25) is 0 Å². The molecule has 0 radical (unpaired) electrons.